The molecular weight excluding hydrogens is 404 g/mol. The molecule has 0 aromatic heterocycles. The first-order chi connectivity index (χ1) is 14.4. The zero-order valence-electron chi connectivity index (χ0n) is 16.5. The molecule has 0 unspecified atom stereocenters. The number of aromatic hydroxyl groups is 1. The van der Waals surface area contributed by atoms with Crippen LogP contribution in [-0.2, 0) is 0 Å². The quantitative estimate of drug-likeness (QED) is 0.402. The Morgan fingerprint density at radius 3 is 2.43 bits per heavy atom. The molecule has 1 aliphatic heterocycles. The van der Waals surface area contributed by atoms with E-state index in [1.165, 1.54) is 13.2 Å². The molecule has 4 rings (SSSR count). The van der Waals surface area contributed by atoms with Crippen molar-refractivity contribution in [3.63, 3.8) is 0 Å². The van der Waals surface area contributed by atoms with Gasteiger partial charge in [-0.15, -0.1) is 0 Å². The number of hydrogen-bond donors (Lipinski definition) is 2. The maximum absolute atomic E-state index is 11.4. The van der Waals surface area contributed by atoms with E-state index in [-0.39, 0.29) is 34.2 Å². The number of ether oxygens (including phenoxy) is 1. The van der Waals surface area contributed by atoms with E-state index >= 15 is 0 Å². The SMILES string of the molecule is COc1cc([C@@H]2c3cc([N+](=O)[O-])ccc3N[C@H](c3ccc(Cl)cc3)[C@H]2C)ccc1O. The first-order valence-electron chi connectivity index (χ1n) is 9.56. The van der Waals surface area contributed by atoms with Crippen molar-refractivity contribution in [1.82, 2.24) is 0 Å². The number of halogens is 1. The van der Waals surface area contributed by atoms with Crippen molar-refractivity contribution in [3.05, 3.63) is 92.5 Å². The Bertz CT molecular complexity index is 1100. The lowest BCUT2D eigenvalue weighted by Gasteiger charge is -2.39. The van der Waals surface area contributed by atoms with E-state index in [1.807, 2.05) is 30.3 Å². The summed E-state index contributed by atoms with van der Waals surface area (Å²) < 4.78 is 5.30. The maximum atomic E-state index is 11.4. The molecule has 6 nitrogen and oxygen atoms in total. The summed E-state index contributed by atoms with van der Waals surface area (Å²) in [5.74, 6) is 0.330. The molecule has 0 fully saturated rings. The Balaban J connectivity index is 1.87. The van der Waals surface area contributed by atoms with Crippen molar-refractivity contribution >= 4 is 23.0 Å². The highest BCUT2D eigenvalue weighted by Crippen LogP contribution is 2.49. The van der Waals surface area contributed by atoms with Gasteiger partial charge in [-0.3, -0.25) is 10.1 Å². The van der Waals surface area contributed by atoms with E-state index in [2.05, 4.69) is 12.2 Å². The Labute approximate surface area is 179 Å². The maximum Gasteiger partial charge on any atom is 0.269 e. The molecule has 154 valence electrons. The van der Waals surface area contributed by atoms with Crippen LogP contribution in [0.5, 0.6) is 11.5 Å². The van der Waals surface area contributed by atoms with Crippen LogP contribution in [0.4, 0.5) is 11.4 Å². The highest BCUT2D eigenvalue weighted by atomic mass is 35.5. The van der Waals surface area contributed by atoms with Crippen LogP contribution >= 0.6 is 11.6 Å². The highest BCUT2D eigenvalue weighted by molar-refractivity contribution is 6.30. The summed E-state index contributed by atoms with van der Waals surface area (Å²) in [6, 6.07) is 17.8. The zero-order chi connectivity index (χ0) is 21.4. The third kappa shape index (κ3) is 3.55. The number of nitro benzene ring substituents is 1. The molecule has 1 heterocycles. The summed E-state index contributed by atoms with van der Waals surface area (Å²) >= 11 is 6.07. The monoisotopic (exact) mass is 424 g/mol. The highest BCUT2D eigenvalue weighted by Gasteiger charge is 2.36. The molecule has 0 spiro atoms. The fourth-order valence-electron chi connectivity index (χ4n) is 4.25. The number of nitrogens with zero attached hydrogens (tertiary/aromatic N) is 1. The van der Waals surface area contributed by atoms with Crippen LogP contribution in [0.1, 0.15) is 35.6 Å². The lowest BCUT2D eigenvalue weighted by atomic mass is 9.73. The number of benzene rings is 3. The fourth-order valence-corrected chi connectivity index (χ4v) is 4.38. The normalized spacial score (nSPS) is 20.2. The van der Waals surface area contributed by atoms with Crippen LogP contribution in [0.15, 0.2) is 60.7 Å². The predicted molar refractivity (Wildman–Crippen MR) is 117 cm³/mol. The van der Waals surface area contributed by atoms with Crippen molar-refractivity contribution in [2.75, 3.05) is 12.4 Å². The third-order valence-corrected chi connectivity index (χ3v) is 5.99. The van der Waals surface area contributed by atoms with E-state index in [9.17, 15) is 15.2 Å². The zero-order valence-corrected chi connectivity index (χ0v) is 17.3. The van der Waals surface area contributed by atoms with E-state index in [1.54, 1.807) is 24.3 Å². The van der Waals surface area contributed by atoms with Gasteiger partial charge in [0.25, 0.3) is 5.69 Å². The standard InChI is InChI=1S/C23H21ClN2O4/c1-13-22(15-5-10-20(27)21(11-15)30-2)18-12-17(26(28)29)8-9-19(18)25-23(13)14-3-6-16(24)7-4-14/h3-13,22-23,25,27H,1-2H3/t13-,22+,23-/m0/s1. The number of non-ortho nitro benzene ring substituents is 1. The van der Waals surface area contributed by atoms with Gasteiger partial charge in [0.1, 0.15) is 0 Å². The molecule has 0 saturated heterocycles. The van der Waals surface area contributed by atoms with Gasteiger partial charge < -0.3 is 15.2 Å². The van der Waals surface area contributed by atoms with Gasteiger partial charge in [-0.2, -0.15) is 0 Å². The summed E-state index contributed by atoms with van der Waals surface area (Å²) in [7, 11) is 1.50. The van der Waals surface area contributed by atoms with Gasteiger partial charge >= 0.3 is 0 Å². The smallest absolute Gasteiger partial charge is 0.269 e. The molecule has 0 aliphatic carbocycles. The second kappa shape index (κ2) is 7.88. The topological polar surface area (TPSA) is 84.6 Å². The van der Waals surface area contributed by atoms with E-state index in [0.717, 1.165) is 22.4 Å². The summed E-state index contributed by atoms with van der Waals surface area (Å²) in [4.78, 5) is 11.0. The minimum atomic E-state index is -0.384. The largest absolute Gasteiger partial charge is 0.504 e. The number of fused-ring (bicyclic) bond motifs is 1. The first-order valence-corrected chi connectivity index (χ1v) is 9.94. The number of nitrogens with one attached hydrogen (secondary N) is 1. The molecule has 0 radical (unpaired) electrons. The van der Waals surface area contributed by atoms with Crippen molar-refractivity contribution in [2.45, 2.75) is 18.9 Å². The van der Waals surface area contributed by atoms with Gasteiger partial charge in [0, 0.05) is 28.8 Å². The van der Waals surface area contributed by atoms with Crippen LogP contribution in [0.3, 0.4) is 0 Å². The Hall–Kier alpha value is -3.25. The van der Waals surface area contributed by atoms with Crippen molar-refractivity contribution in [3.8, 4) is 11.5 Å². The summed E-state index contributed by atoms with van der Waals surface area (Å²) in [5, 5.41) is 25.6. The number of rotatable bonds is 4. The van der Waals surface area contributed by atoms with Crippen LogP contribution in [0, 0.1) is 16.0 Å². The lowest BCUT2D eigenvalue weighted by Crippen LogP contribution is -2.30. The Kier molecular flexibility index (Phi) is 5.26. The number of hydrogen-bond acceptors (Lipinski definition) is 5. The molecular formula is C23H21ClN2O4. The van der Waals surface area contributed by atoms with Gasteiger partial charge in [-0.05, 0) is 52.9 Å². The number of phenols is 1. The van der Waals surface area contributed by atoms with Crippen LogP contribution in [0.25, 0.3) is 0 Å². The average Bonchev–Trinajstić information content (AvgIpc) is 2.74. The van der Waals surface area contributed by atoms with Crippen molar-refractivity contribution in [1.29, 1.82) is 0 Å². The second-order valence-corrected chi connectivity index (χ2v) is 7.91. The van der Waals surface area contributed by atoms with Gasteiger partial charge in [-0.1, -0.05) is 36.7 Å². The third-order valence-electron chi connectivity index (χ3n) is 5.74. The van der Waals surface area contributed by atoms with Gasteiger partial charge in [0.15, 0.2) is 11.5 Å². The number of anilines is 1. The van der Waals surface area contributed by atoms with Crippen LogP contribution in [0.2, 0.25) is 5.02 Å². The fraction of sp³-hybridized carbons (Fsp3) is 0.217. The van der Waals surface area contributed by atoms with E-state index in [4.69, 9.17) is 16.3 Å². The number of nitro groups is 1. The van der Waals surface area contributed by atoms with Gasteiger partial charge in [0.05, 0.1) is 18.1 Å². The molecule has 2 N–H and O–H groups in total. The van der Waals surface area contributed by atoms with Gasteiger partial charge in [0.2, 0.25) is 0 Å². The molecule has 0 saturated carbocycles. The predicted octanol–water partition coefficient (Wildman–Crippen LogP) is 5.90. The molecule has 1 aliphatic rings. The molecule has 7 heteroatoms. The van der Waals surface area contributed by atoms with Crippen LogP contribution in [-0.4, -0.2) is 17.1 Å². The number of phenolic OH excluding ortho intramolecular Hbond substituents is 1. The average molecular weight is 425 g/mol. The molecule has 3 aromatic rings. The first kappa shape index (κ1) is 20.0. The van der Waals surface area contributed by atoms with Gasteiger partial charge in [-0.25, -0.2) is 0 Å². The summed E-state index contributed by atoms with van der Waals surface area (Å²) in [6.45, 7) is 2.11. The van der Waals surface area contributed by atoms with E-state index in [0.29, 0.717) is 10.8 Å². The minimum Gasteiger partial charge on any atom is -0.504 e. The molecule has 0 bridgehead atoms. The van der Waals surface area contributed by atoms with Crippen molar-refractivity contribution in [2.24, 2.45) is 5.92 Å². The Morgan fingerprint density at radius 2 is 1.77 bits per heavy atom. The molecule has 3 atom stereocenters. The molecule has 30 heavy (non-hydrogen) atoms. The van der Waals surface area contributed by atoms with E-state index < -0.39 is 0 Å². The second-order valence-electron chi connectivity index (χ2n) is 7.47. The summed E-state index contributed by atoms with van der Waals surface area (Å²) in [5.41, 5.74) is 3.72. The lowest BCUT2D eigenvalue weighted by molar-refractivity contribution is -0.384. The number of methoxy groups -OCH3 is 1. The minimum absolute atomic E-state index is 0.0268. The molecule has 0 amide bonds. The van der Waals surface area contributed by atoms with Crippen molar-refractivity contribution < 1.29 is 14.8 Å². The Morgan fingerprint density at radius 1 is 1.07 bits per heavy atom. The van der Waals surface area contributed by atoms with Crippen LogP contribution < -0.4 is 10.1 Å². The molecule has 3 aromatic carbocycles. The summed E-state index contributed by atoms with van der Waals surface area (Å²) in [6.07, 6.45) is 0.